The van der Waals surface area contributed by atoms with Gasteiger partial charge in [-0.15, -0.1) is 0 Å². The van der Waals surface area contributed by atoms with Crippen LogP contribution < -0.4 is 5.73 Å². The summed E-state index contributed by atoms with van der Waals surface area (Å²) in [5.74, 6) is 1.17. The Balaban J connectivity index is 1.77. The molecule has 0 aliphatic heterocycles. The lowest BCUT2D eigenvalue weighted by Crippen LogP contribution is -2.01. The lowest BCUT2D eigenvalue weighted by molar-refractivity contribution is 0.808. The van der Waals surface area contributed by atoms with Crippen molar-refractivity contribution in [1.82, 2.24) is 20.0 Å². The van der Waals surface area contributed by atoms with Crippen LogP contribution in [0.5, 0.6) is 0 Å². The van der Waals surface area contributed by atoms with Crippen molar-refractivity contribution < 1.29 is 0 Å². The lowest BCUT2D eigenvalue weighted by atomic mass is 10.1. The summed E-state index contributed by atoms with van der Waals surface area (Å²) in [4.78, 5) is 0. The van der Waals surface area contributed by atoms with Crippen LogP contribution in [0, 0.1) is 0 Å². The average Bonchev–Trinajstić information content (AvgIpc) is 3.03. The third-order valence-corrected chi connectivity index (χ3v) is 3.67. The fraction of sp³-hybridized carbons (Fsp3) is 0.200. The van der Waals surface area contributed by atoms with Crippen LogP contribution in [0.3, 0.4) is 0 Å². The van der Waals surface area contributed by atoms with E-state index in [1.807, 2.05) is 29.1 Å². The van der Waals surface area contributed by atoms with Crippen LogP contribution >= 0.6 is 0 Å². The normalized spacial score (nSPS) is 14.6. The number of anilines is 1. The van der Waals surface area contributed by atoms with Crippen molar-refractivity contribution in [3.05, 3.63) is 48.3 Å². The van der Waals surface area contributed by atoms with E-state index in [9.17, 15) is 0 Å². The van der Waals surface area contributed by atoms with Gasteiger partial charge in [-0.25, -0.2) is 4.68 Å². The second kappa shape index (κ2) is 4.23. The van der Waals surface area contributed by atoms with E-state index in [1.165, 1.54) is 18.5 Å². The van der Waals surface area contributed by atoms with Gasteiger partial charge in [0.05, 0.1) is 11.4 Å². The number of rotatable bonds is 3. The Morgan fingerprint density at radius 1 is 1.20 bits per heavy atom. The Hall–Kier alpha value is -2.56. The molecule has 2 aromatic heterocycles. The van der Waals surface area contributed by atoms with Gasteiger partial charge in [-0.1, -0.05) is 12.1 Å². The minimum atomic E-state index is 0.503. The maximum Gasteiger partial charge on any atom is 0.145 e. The molecule has 0 atom stereocenters. The average molecular weight is 265 g/mol. The molecule has 0 amide bonds. The van der Waals surface area contributed by atoms with Crippen LogP contribution in [0.25, 0.3) is 16.9 Å². The van der Waals surface area contributed by atoms with E-state index in [0.717, 1.165) is 16.9 Å². The standard InChI is InChI=1S/C15H15N5/c16-15-9-13(18-19-15)11-2-1-3-12(8-11)20-14(6-7-17-20)10-4-5-10/h1-3,6-10H,4-5H2,(H3,16,18,19). The maximum atomic E-state index is 5.66. The van der Waals surface area contributed by atoms with E-state index in [1.54, 1.807) is 0 Å². The van der Waals surface area contributed by atoms with E-state index < -0.39 is 0 Å². The van der Waals surface area contributed by atoms with Crippen molar-refractivity contribution in [2.75, 3.05) is 5.73 Å². The molecule has 0 radical (unpaired) electrons. The fourth-order valence-corrected chi connectivity index (χ4v) is 2.51. The van der Waals surface area contributed by atoms with Gasteiger partial charge in [-0.2, -0.15) is 10.2 Å². The number of hydrogen-bond acceptors (Lipinski definition) is 3. The second-order valence-corrected chi connectivity index (χ2v) is 5.20. The topological polar surface area (TPSA) is 72.5 Å². The molecule has 20 heavy (non-hydrogen) atoms. The molecule has 3 aromatic rings. The van der Waals surface area contributed by atoms with E-state index in [-0.39, 0.29) is 0 Å². The summed E-state index contributed by atoms with van der Waals surface area (Å²) < 4.78 is 2.03. The third kappa shape index (κ3) is 1.87. The number of H-pyrrole nitrogens is 1. The van der Waals surface area contributed by atoms with E-state index in [2.05, 4.69) is 33.5 Å². The number of benzene rings is 1. The summed E-state index contributed by atoms with van der Waals surface area (Å²) in [6.07, 6.45) is 4.40. The first-order valence-electron chi connectivity index (χ1n) is 6.77. The Bertz CT molecular complexity index is 751. The first-order valence-corrected chi connectivity index (χ1v) is 6.77. The highest BCUT2D eigenvalue weighted by atomic mass is 15.3. The van der Waals surface area contributed by atoms with Gasteiger partial charge in [0.1, 0.15) is 5.82 Å². The van der Waals surface area contributed by atoms with Crippen LogP contribution in [0.1, 0.15) is 24.5 Å². The van der Waals surface area contributed by atoms with Crippen LogP contribution in [-0.2, 0) is 0 Å². The van der Waals surface area contributed by atoms with Crippen molar-refractivity contribution in [2.24, 2.45) is 0 Å². The van der Waals surface area contributed by atoms with E-state index >= 15 is 0 Å². The summed E-state index contributed by atoms with van der Waals surface area (Å²) in [6, 6.07) is 12.2. The molecule has 1 aliphatic carbocycles. The molecule has 0 unspecified atom stereocenters. The molecule has 5 heteroatoms. The molecule has 5 nitrogen and oxygen atoms in total. The van der Waals surface area contributed by atoms with Crippen LogP contribution in [0.15, 0.2) is 42.6 Å². The smallest absolute Gasteiger partial charge is 0.145 e. The quantitative estimate of drug-likeness (QED) is 0.764. The van der Waals surface area contributed by atoms with Gasteiger partial charge < -0.3 is 5.73 Å². The zero-order valence-electron chi connectivity index (χ0n) is 11.0. The monoisotopic (exact) mass is 265 g/mol. The molecule has 4 rings (SSSR count). The van der Waals surface area contributed by atoms with Crippen LogP contribution in [0.2, 0.25) is 0 Å². The number of aromatic nitrogens is 4. The minimum Gasteiger partial charge on any atom is -0.382 e. The van der Waals surface area contributed by atoms with Crippen LogP contribution in [-0.4, -0.2) is 20.0 Å². The van der Waals surface area contributed by atoms with E-state index in [0.29, 0.717) is 11.7 Å². The minimum absolute atomic E-state index is 0.503. The summed E-state index contributed by atoms with van der Waals surface area (Å²) in [6.45, 7) is 0. The number of hydrogen-bond donors (Lipinski definition) is 2. The first kappa shape index (κ1) is 11.3. The molecule has 0 saturated heterocycles. The number of nitrogens with one attached hydrogen (secondary N) is 1. The summed E-state index contributed by atoms with van der Waals surface area (Å²) in [5, 5.41) is 11.4. The van der Waals surface area contributed by atoms with E-state index in [4.69, 9.17) is 5.73 Å². The van der Waals surface area contributed by atoms with Crippen LogP contribution in [0.4, 0.5) is 5.82 Å². The molecule has 1 fully saturated rings. The molecule has 1 aromatic carbocycles. The predicted octanol–water partition coefficient (Wildman–Crippen LogP) is 2.72. The number of nitrogens with two attached hydrogens (primary N) is 1. The van der Waals surface area contributed by atoms with Gasteiger partial charge in [-0.3, -0.25) is 5.10 Å². The summed E-state index contributed by atoms with van der Waals surface area (Å²) >= 11 is 0. The summed E-state index contributed by atoms with van der Waals surface area (Å²) in [5.41, 5.74) is 10.0. The Kier molecular flexibility index (Phi) is 2.39. The SMILES string of the molecule is Nc1cc(-c2cccc(-n3nccc3C3CC3)c2)[nH]n1. The van der Waals surface area contributed by atoms with Gasteiger partial charge in [0.15, 0.2) is 0 Å². The molecule has 0 bridgehead atoms. The largest absolute Gasteiger partial charge is 0.382 e. The second-order valence-electron chi connectivity index (χ2n) is 5.20. The Morgan fingerprint density at radius 3 is 2.85 bits per heavy atom. The van der Waals surface area contributed by atoms with Gasteiger partial charge in [0.2, 0.25) is 0 Å². The highest BCUT2D eigenvalue weighted by Crippen LogP contribution is 2.40. The summed E-state index contributed by atoms with van der Waals surface area (Å²) in [7, 11) is 0. The van der Waals surface area contributed by atoms with Crippen molar-refractivity contribution >= 4 is 5.82 Å². The Morgan fingerprint density at radius 2 is 2.10 bits per heavy atom. The van der Waals surface area contributed by atoms with Gasteiger partial charge >= 0.3 is 0 Å². The Labute approximate surface area is 116 Å². The molecule has 0 spiro atoms. The first-order chi connectivity index (χ1) is 9.81. The lowest BCUT2D eigenvalue weighted by Gasteiger charge is -2.08. The predicted molar refractivity (Wildman–Crippen MR) is 77.5 cm³/mol. The molecule has 1 aliphatic rings. The van der Waals surface area contributed by atoms with Crippen molar-refractivity contribution in [2.45, 2.75) is 18.8 Å². The molecule has 1 saturated carbocycles. The van der Waals surface area contributed by atoms with Gasteiger partial charge in [0.25, 0.3) is 0 Å². The molecular formula is C15H15N5. The van der Waals surface area contributed by atoms with Crippen molar-refractivity contribution in [3.63, 3.8) is 0 Å². The molecule has 100 valence electrons. The van der Waals surface area contributed by atoms with Gasteiger partial charge in [-0.05, 0) is 31.0 Å². The molecular weight excluding hydrogens is 250 g/mol. The third-order valence-electron chi connectivity index (χ3n) is 3.67. The highest BCUT2D eigenvalue weighted by Gasteiger charge is 2.27. The fourth-order valence-electron chi connectivity index (χ4n) is 2.51. The van der Waals surface area contributed by atoms with Gasteiger partial charge in [0, 0.05) is 29.4 Å². The maximum absolute atomic E-state index is 5.66. The highest BCUT2D eigenvalue weighted by molar-refractivity contribution is 5.64. The van der Waals surface area contributed by atoms with Crippen molar-refractivity contribution in [3.8, 4) is 16.9 Å². The molecule has 3 N–H and O–H groups in total. The van der Waals surface area contributed by atoms with Crippen molar-refractivity contribution in [1.29, 1.82) is 0 Å². The zero-order valence-corrected chi connectivity index (χ0v) is 11.0. The zero-order chi connectivity index (χ0) is 13.5. The number of nitrogens with zero attached hydrogens (tertiary/aromatic N) is 3. The molecule has 2 heterocycles. The number of aromatic amines is 1. The number of nitrogen functional groups attached to an aromatic ring is 1.